The molecule has 0 aliphatic heterocycles. The number of carbonyl (C=O) groups excluding carboxylic acids is 1. The largest absolute Gasteiger partial charge is 0.394 e. The summed E-state index contributed by atoms with van der Waals surface area (Å²) in [4.78, 5) is 12.1. The van der Waals surface area contributed by atoms with Crippen LogP contribution in [0.2, 0.25) is 0 Å². The van der Waals surface area contributed by atoms with Crippen LogP contribution in [0.15, 0.2) is 24.3 Å². The number of nitrogens with one attached hydrogen (secondary N) is 2. The SMILES string of the molecule is CCC(C)(CO)NC(C)C(=O)Nc1ccc(C)cc1. The molecule has 1 amide bonds. The number of rotatable bonds is 6. The maximum Gasteiger partial charge on any atom is 0.241 e. The number of aryl methyl sites for hydroxylation is 1. The molecule has 4 heteroatoms. The zero-order valence-electron chi connectivity index (χ0n) is 12.2. The number of hydrogen-bond acceptors (Lipinski definition) is 3. The zero-order valence-corrected chi connectivity index (χ0v) is 12.2. The molecule has 106 valence electrons. The molecule has 0 spiro atoms. The third-order valence-electron chi connectivity index (χ3n) is 3.41. The Kier molecular flexibility index (Phi) is 5.51. The van der Waals surface area contributed by atoms with E-state index in [4.69, 9.17) is 0 Å². The molecule has 4 nitrogen and oxygen atoms in total. The van der Waals surface area contributed by atoms with E-state index < -0.39 is 5.54 Å². The lowest BCUT2D eigenvalue weighted by molar-refractivity contribution is -0.118. The number of amides is 1. The van der Waals surface area contributed by atoms with Gasteiger partial charge in [-0.15, -0.1) is 0 Å². The van der Waals surface area contributed by atoms with Crippen molar-refractivity contribution in [2.75, 3.05) is 11.9 Å². The Morgan fingerprint density at radius 2 is 1.95 bits per heavy atom. The van der Waals surface area contributed by atoms with Crippen molar-refractivity contribution in [1.29, 1.82) is 0 Å². The number of benzene rings is 1. The number of aliphatic hydroxyl groups excluding tert-OH is 1. The molecule has 0 bridgehead atoms. The summed E-state index contributed by atoms with van der Waals surface area (Å²) >= 11 is 0. The minimum atomic E-state index is -0.427. The third kappa shape index (κ3) is 4.65. The summed E-state index contributed by atoms with van der Waals surface area (Å²) in [6.07, 6.45) is 0.756. The fraction of sp³-hybridized carbons (Fsp3) is 0.533. The van der Waals surface area contributed by atoms with Gasteiger partial charge in [-0.1, -0.05) is 24.6 Å². The van der Waals surface area contributed by atoms with E-state index in [9.17, 15) is 9.90 Å². The van der Waals surface area contributed by atoms with E-state index in [2.05, 4.69) is 10.6 Å². The zero-order chi connectivity index (χ0) is 14.5. The van der Waals surface area contributed by atoms with E-state index in [0.29, 0.717) is 0 Å². The number of carbonyl (C=O) groups is 1. The summed E-state index contributed by atoms with van der Waals surface area (Å²) in [6.45, 7) is 7.69. The molecule has 1 aromatic rings. The molecular formula is C15H24N2O2. The van der Waals surface area contributed by atoms with Crippen LogP contribution >= 0.6 is 0 Å². The molecule has 2 unspecified atom stereocenters. The highest BCUT2D eigenvalue weighted by atomic mass is 16.3. The minimum Gasteiger partial charge on any atom is -0.394 e. The van der Waals surface area contributed by atoms with Crippen molar-refractivity contribution >= 4 is 11.6 Å². The monoisotopic (exact) mass is 264 g/mol. The first kappa shape index (κ1) is 15.7. The van der Waals surface area contributed by atoms with Crippen LogP contribution in [0, 0.1) is 6.92 Å². The highest BCUT2D eigenvalue weighted by molar-refractivity contribution is 5.94. The number of aliphatic hydroxyl groups is 1. The van der Waals surface area contributed by atoms with Gasteiger partial charge in [-0.25, -0.2) is 0 Å². The standard InChI is InChI=1S/C15H24N2O2/c1-5-15(4,10-18)17-12(3)14(19)16-13-8-6-11(2)7-9-13/h6-9,12,17-18H,5,10H2,1-4H3,(H,16,19). The molecule has 0 aliphatic rings. The Balaban J connectivity index is 2.60. The summed E-state index contributed by atoms with van der Waals surface area (Å²) in [5, 5.41) is 15.4. The molecule has 19 heavy (non-hydrogen) atoms. The average Bonchev–Trinajstić information content (AvgIpc) is 2.41. The summed E-state index contributed by atoms with van der Waals surface area (Å²) < 4.78 is 0. The maximum absolute atomic E-state index is 12.1. The second-order valence-corrected chi connectivity index (χ2v) is 5.29. The lowest BCUT2D eigenvalue weighted by Crippen LogP contribution is -2.53. The van der Waals surface area contributed by atoms with Crippen LogP contribution in [0.25, 0.3) is 0 Å². The number of hydrogen-bond donors (Lipinski definition) is 3. The van der Waals surface area contributed by atoms with E-state index in [0.717, 1.165) is 17.7 Å². The molecule has 0 fully saturated rings. The van der Waals surface area contributed by atoms with Gasteiger partial charge in [0, 0.05) is 11.2 Å². The molecule has 1 rings (SSSR count). The van der Waals surface area contributed by atoms with Crippen molar-refractivity contribution in [3.63, 3.8) is 0 Å². The van der Waals surface area contributed by atoms with Gasteiger partial charge in [-0.3, -0.25) is 10.1 Å². The van der Waals surface area contributed by atoms with Crippen molar-refractivity contribution in [3.8, 4) is 0 Å². The Hall–Kier alpha value is -1.39. The van der Waals surface area contributed by atoms with E-state index in [1.165, 1.54) is 0 Å². The second kappa shape index (κ2) is 6.68. The van der Waals surface area contributed by atoms with Crippen molar-refractivity contribution in [2.24, 2.45) is 0 Å². The third-order valence-corrected chi connectivity index (χ3v) is 3.41. The smallest absolute Gasteiger partial charge is 0.241 e. The van der Waals surface area contributed by atoms with E-state index in [1.54, 1.807) is 6.92 Å². The fourth-order valence-electron chi connectivity index (χ4n) is 1.74. The molecule has 0 radical (unpaired) electrons. The Bertz CT molecular complexity index is 411. The van der Waals surface area contributed by atoms with Crippen molar-refractivity contribution in [2.45, 2.75) is 45.7 Å². The van der Waals surface area contributed by atoms with Crippen LogP contribution in [0.4, 0.5) is 5.69 Å². The minimum absolute atomic E-state index is 0.00561. The van der Waals surface area contributed by atoms with Gasteiger partial charge in [-0.05, 0) is 39.3 Å². The summed E-state index contributed by atoms with van der Waals surface area (Å²) in [6, 6.07) is 7.31. The topological polar surface area (TPSA) is 61.4 Å². The first-order chi connectivity index (χ1) is 8.90. The molecule has 0 aliphatic carbocycles. The lowest BCUT2D eigenvalue weighted by atomic mass is 9.99. The molecule has 0 heterocycles. The van der Waals surface area contributed by atoms with Crippen molar-refractivity contribution in [1.82, 2.24) is 5.32 Å². The highest BCUT2D eigenvalue weighted by Gasteiger charge is 2.25. The molecule has 0 aromatic heterocycles. The van der Waals surface area contributed by atoms with Crippen LogP contribution in [0.5, 0.6) is 0 Å². The van der Waals surface area contributed by atoms with Crippen LogP contribution in [-0.4, -0.2) is 29.2 Å². The second-order valence-electron chi connectivity index (χ2n) is 5.29. The van der Waals surface area contributed by atoms with E-state index in [-0.39, 0.29) is 18.6 Å². The molecule has 3 N–H and O–H groups in total. The summed E-state index contributed by atoms with van der Waals surface area (Å²) in [5.41, 5.74) is 1.51. The van der Waals surface area contributed by atoms with Crippen molar-refractivity contribution < 1.29 is 9.90 Å². The normalized spacial score (nSPS) is 15.6. The van der Waals surface area contributed by atoms with Crippen LogP contribution < -0.4 is 10.6 Å². The first-order valence-electron chi connectivity index (χ1n) is 6.66. The molecule has 0 saturated heterocycles. The van der Waals surface area contributed by atoms with Crippen molar-refractivity contribution in [3.05, 3.63) is 29.8 Å². The van der Waals surface area contributed by atoms with Crippen LogP contribution in [0.3, 0.4) is 0 Å². The molecule has 0 saturated carbocycles. The molecule has 2 atom stereocenters. The van der Waals surface area contributed by atoms with Crippen LogP contribution in [0.1, 0.15) is 32.8 Å². The predicted octanol–water partition coefficient (Wildman–Crippen LogP) is 2.07. The van der Waals surface area contributed by atoms with Gasteiger partial charge in [0.15, 0.2) is 0 Å². The summed E-state index contributed by atoms with van der Waals surface area (Å²) in [5.74, 6) is -0.100. The van der Waals surface area contributed by atoms with Gasteiger partial charge in [0.05, 0.1) is 12.6 Å². The quantitative estimate of drug-likeness (QED) is 0.737. The fourth-order valence-corrected chi connectivity index (χ4v) is 1.74. The van der Waals surface area contributed by atoms with Gasteiger partial charge in [0.2, 0.25) is 5.91 Å². The van der Waals surface area contributed by atoms with Gasteiger partial charge in [-0.2, -0.15) is 0 Å². The number of anilines is 1. The Morgan fingerprint density at radius 1 is 1.37 bits per heavy atom. The van der Waals surface area contributed by atoms with Gasteiger partial charge < -0.3 is 10.4 Å². The Morgan fingerprint density at radius 3 is 2.42 bits per heavy atom. The predicted molar refractivity (Wildman–Crippen MR) is 78.2 cm³/mol. The average molecular weight is 264 g/mol. The van der Waals surface area contributed by atoms with Gasteiger partial charge in [0.25, 0.3) is 0 Å². The Labute approximate surface area is 115 Å². The van der Waals surface area contributed by atoms with Gasteiger partial charge in [0.1, 0.15) is 0 Å². The highest BCUT2D eigenvalue weighted by Crippen LogP contribution is 2.12. The van der Waals surface area contributed by atoms with Gasteiger partial charge >= 0.3 is 0 Å². The van der Waals surface area contributed by atoms with E-state index >= 15 is 0 Å². The maximum atomic E-state index is 12.1. The molecule has 1 aromatic carbocycles. The lowest BCUT2D eigenvalue weighted by Gasteiger charge is -2.30. The molecular weight excluding hydrogens is 240 g/mol. The first-order valence-corrected chi connectivity index (χ1v) is 6.66. The van der Waals surface area contributed by atoms with E-state index in [1.807, 2.05) is 45.0 Å². The summed E-state index contributed by atoms with van der Waals surface area (Å²) in [7, 11) is 0. The van der Waals surface area contributed by atoms with Crippen LogP contribution in [-0.2, 0) is 4.79 Å².